The molecule has 0 atom stereocenters. The molecule has 1 aliphatic rings. The van der Waals surface area contributed by atoms with Gasteiger partial charge in [0.1, 0.15) is 10.7 Å². The van der Waals surface area contributed by atoms with Crippen molar-refractivity contribution in [2.75, 3.05) is 35.8 Å². The second kappa shape index (κ2) is 9.64. The molecule has 9 heteroatoms. The molecule has 1 saturated heterocycles. The van der Waals surface area contributed by atoms with Gasteiger partial charge in [-0.15, -0.1) is 0 Å². The van der Waals surface area contributed by atoms with Crippen LogP contribution in [0.4, 0.5) is 15.8 Å². The number of hydrogen-bond acceptors (Lipinski definition) is 4. The first kappa shape index (κ1) is 24.0. The number of nitrogens with zero attached hydrogens (tertiary/aromatic N) is 2. The van der Waals surface area contributed by atoms with Crippen LogP contribution in [0.25, 0.3) is 0 Å². The van der Waals surface area contributed by atoms with Gasteiger partial charge in [-0.3, -0.25) is 9.52 Å². The summed E-state index contributed by atoms with van der Waals surface area (Å²) in [6.45, 7) is 5.46. The van der Waals surface area contributed by atoms with Crippen molar-refractivity contribution in [2.45, 2.75) is 18.7 Å². The van der Waals surface area contributed by atoms with Crippen molar-refractivity contribution in [3.05, 3.63) is 88.2 Å². The first-order valence-corrected chi connectivity index (χ1v) is 12.7. The van der Waals surface area contributed by atoms with E-state index in [0.717, 1.165) is 11.1 Å². The van der Waals surface area contributed by atoms with Crippen LogP contribution in [-0.2, 0) is 10.0 Å². The predicted molar refractivity (Wildman–Crippen MR) is 133 cm³/mol. The molecule has 178 valence electrons. The molecule has 6 nitrogen and oxygen atoms in total. The molecule has 1 fully saturated rings. The quantitative estimate of drug-likeness (QED) is 0.542. The van der Waals surface area contributed by atoms with Gasteiger partial charge in [0.25, 0.3) is 15.9 Å². The van der Waals surface area contributed by atoms with Gasteiger partial charge in [-0.05, 0) is 55.8 Å². The average Bonchev–Trinajstić information content (AvgIpc) is 2.81. The molecule has 3 aromatic rings. The van der Waals surface area contributed by atoms with Crippen molar-refractivity contribution in [3.63, 3.8) is 0 Å². The molecule has 0 aromatic heterocycles. The molecule has 0 saturated carbocycles. The maximum Gasteiger partial charge on any atom is 0.263 e. The van der Waals surface area contributed by atoms with Crippen LogP contribution >= 0.6 is 11.6 Å². The number of anilines is 2. The van der Waals surface area contributed by atoms with Crippen LogP contribution in [-0.4, -0.2) is 45.4 Å². The highest BCUT2D eigenvalue weighted by molar-refractivity contribution is 7.92. The fourth-order valence-corrected chi connectivity index (χ4v) is 5.67. The van der Waals surface area contributed by atoms with Crippen LogP contribution in [0.3, 0.4) is 0 Å². The summed E-state index contributed by atoms with van der Waals surface area (Å²) in [7, 11) is -4.02. The van der Waals surface area contributed by atoms with Gasteiger partial charge in [-0.1, -0.05) is 41.4 Å². The summed E-state index contributed by atoms with van der Waals surface area (Å²) < 4.78 is 42.8. The zero-order valence-electron chi connectivity index (χ0n) is 18.9. The predicted octanol–water partition coefficient (Wildman–Crippen LogP) is 4.86. The number of piperazine rings is 1. The highest BCUT2D eigenvalue weighted by Gasteiger charge is 2.26. The van der Waals surface area contributed by atoms with Gasteiger partial charge in [0.15, 0.2) is 0 Å². The Morgan fingerprint density at radius 1 is 0.971 bits per heavy atom. The fourth-order valence-electron chi connectivity index (χ4n) is 4.01. The summed E-state index contributed by atoms with van der Waals surface area (Å²) in [4.78, 5) is 16.5. The third-order valence-electron chi connectivity index (χ3n) is 5.85. The number of carbonyl (C=O) groups is 1. The second-order valence-electron chi connectivity index (χ2n) is 8.30. The van der Waals surface area contributed by atoms with E-state index in [-0.39, 0.29) is 27.2 Å². The average molecular weight is 502 g/mol. The molecule has 0 radical (unpaired) electrons. The highest BCUT2D eigenvalue weighted by Crippen LogP contribution is 2.28. The molecular weight excluding hydrogens is 477 g/mol. The molecule has 1 N–H and O–H groups in total. The number of rotatable bonds is 5. The smallest absolute Gasteiger partial charge is 0.263 e. The van der Waals surface area contributed by atoms with Crippen LogP contribution in [0.2, 0.25) is 5.02 Å². The fraction of sp³-hybridized carbons (Fsp3) is 0.240. The number of nitrogens with one attached hydrogen (secondary N) is 1. The Morgan fingerprint density at radius 3 is 2.35 bits per heavy atom. The zero-order valence-corrected chi connectivity index (χ0v) is 20.5. The van der Waals surface area contributed by atoms with E-state index in [1.807, 2.05) is 30.9 Å². The second-order valence-corrected chi connectivity index (χ2v) is 10.4. The van der Waals surface area contributed by atoms with Gasteiger partial charge in [0.05, 0.1) is 16.4 Å². The van der Waals surface area contributed by atoms with Gasteiger partial charge in [-0.25, -0.2) is 12.8 Å². The standard InChI is InChI=1S/C25H25ClFN3O3S/c1-17-7-10-22(18(2)15-17)28-34(32,33)24-16-19(8-9-20(24)26)25(31)30-13-11-29(12-14-30)23-6-4-3-5-21(23)27/h3-10,15-16,28H,11-14H2,1-2H3. The maximum absolute atomic E-state index is 14.1. The molecule has 1 amide bonds. The van der Waals surface area contributed by atoms with Gasteiger partial charge >= 0.3 is 0 Å². The van der Waals surface area contributed by atoms with Crippen molar-refractivity contribution in [1.29, 1.82) is 0 Å². The largest absolute Gasteiger partial charge is 0.366 e. The summed E-state index contributed by atoms with van der Waals surface area (Å²) in [6.07, 6.45) is 0. The Kier molecular flexibility index (Phi) is 6.81. The first-order chi connectivity index (χ1) is 16.2. The van der Waals surface area contributed by atoms with Crippen LogP contribution in [0, 0.1) is 19.7 Å². The Labute approximate surface area is 204 Å². The highest BCUT2D eigenvalue weighted by atomic mass is 35.5. The summed E-state index contributed by atoms with van der Waals surface area (Å²) >= 11 is 6.22. The molecule has 3 aromatic carbocycles. The Bertz CT molecular complexity index is 1340. The molecule has 4 rings (SSSR count). The van der Waals surface area contributed by atoms with Crippen molar-refractivity contribution in [1.82, 2.24) is 4.90 Å². The molecule has 1 heterocycles. The Hall–Kier alpha value is -3.10. The zero-order chi connectivity index (χ0) is 24.5. The number of para-hydroxylation sites is 1. The van der Waals surface area contributed by atoms with E-state index in [1.165, 1.54) is 24.3 Å². The van der Waals surface area contributed by atoms with Crippen LogP contribution < -0.4 is 9.62 Å². The molecule has 34 heavy (non-hydrogen) atoms. The topological polar surface area (TPSA) is 69.7 Å². The molecule has 0 unspecified atom stereocenters. The third kappa shape index (κ3) is 5.03. The Balaban J connectivity index is 1.51. The van der Waals surface area contributed by atoms with Gasteiger partial charge in [0, 0.05) is 31.7 Å². The van der Waals surface area contributed by atoms with Crippen molar-refractivity contribution >= 4 is 38.9 Å². The van der Waals surface area contributed by atoms with Crippen LogP contribution in [0.5, 0.6) is 0 Å². The van der Waals surface area contributed by atoms with Gasteiger partial charge in [0.2, 0.25) is 0 Å². The SMILES string of the molecule is Cc1ccc(NS(=O)(=O)c2cc(C(=O)N3CCN(c4ccccc4F)CC3)ccc2Cl)c(C)c1. The van der Waals surface area contributed by atoms with E-state index in [9.17, 15) is 17.6 Å². The summed E-state index contributed by atoms with van der Waals surface area (Å²) in [6, 6.07) is 16.2. The molecule has 1 aliphatic heterocycles. The number of sulfonamides is 1. The number of benzene rings is 3. The minimum Gasteiger partial charge on any atom is -0.366 e. The van der Waals surface area contributed by atoms with Gasteiger partial charge < -0.3 is 9.80 Å². The van der Waals surface area contributed by atoms with Crippen molar-refractivity contribution in [2.24, 2.45) is 0 Å². The monoisotopic (exact) mass is 501 g/mol. The number of halogens is 2. The normalized spacial score (nSPS) is 14.2. The maximum atomic E-state index is 14.1. The van der Waals surface area contributed by atoms with E-state index >= 15 is 0 Å². The molecule has 0 bridgehead atoms. The lowest BCUT2D eigenvalue weighted by atomic mass is 10.1. The Morgan fingerprint density at radius 2 is 1.68 bits per heavy atom. The van der Waals surface area contributed by atoms with Crippen LogP contribution in [0.15, 0.2) is 65.6 Å². The minimum atomic E-state index is -4.02. The summed E-state index contributed by atoms with van der Waals surface area (Å²) in [5.41, 5.74) is 2.97. The minimum absolute atomic E-state index is 0.0261. The number of amides is 1. The van der Waals surface area contributed by atoms with E-state index in [4.69, 9.17) is 11.6 Å². The summed E-state index contributed by atoms with van der Waals surface area (Å²) in [5.74, 6) is -0.598. The van der Waals surface area contributed by atoms with E-state index in [0.29, 0.717) is 37.6 Å². The van der Waals surface area contributed by atoms with E-state index < -0.39 is 10.0 Å². The number of carbonyl (C=O) groups excluding carboxylic acids is 1. The van der Waals surface area contributed by atoms with E-state index in [2.05, 4.69) is 4.72 Å². The number of aryl methyl sites for hydroxylation is 2. The molecular formula is C25H25ClFN3O3S. The lowest BCUT2D eigenvalue weighted by Crippen LogP contribution is -2.49. The van der Waals surface area contributed by atoms with Gasteiger partial charge in [-0.2, -0.15) is 0 Å². The van der Waals surface area contributed by atoms with Crippen LogP contribution in [0.1, 0.15) is 21.5 Å². The molecule has 0 aliphatic carbocycles. The lowest BCUT2D eigenvalue weighted by molar-refractivity contribution is 0.0746. The first-order valence-electron chi connectivity index (χ1n) is 10.8. The van der Waals surface area contributed by atoms with Crippen molar-refractivity contribution < 1.29 is 17.6 Å². The number of hydrogen-bond donors (Lipinski definition) is 1. The third-order valence-corrected chi connectivity index (χ3v) is 7.70. The molecule has 0 spiro atoms. The summed E-state index contributed by atoms with van der Waals surface area (Å²) in [5, 5.41) is 0.0261. The van der Waals surface area contributed by atoms with E-state index in [1.54, 1.807) is 29.2 Å². The lowest BCUT2D eigenvalue weighted by Gasteiger charge is -2.36. The van der Waals surface area contributed by atoms with Crippen molar-refractivity contribution in [3.8, 4) is 0 Å².